The number of ether oxygens (including phenoxy) is 1. The van der Waals surface area contributed by atoms with Gasteiger partial charge < -0.3 is 15.0 Å². The molecule has 130 valence electrons. The lowest BCUT2D eigenvalue weighted by molar-refractivity contribution is 0.154. The molecule has 0 saturated carbocycles. The van der Waals surface area contributed by atoms with Crippen molar-refractivity contribution in [2.24, 2.45) is 0 Å². The van der Waals surface area contributed by atoms with Gasteiger partial charge in [0.1, 0.15) is 5.82 Å². The second kappa shape index (κ2) is 9.85. The molecule has 0 bridgehead atoms. The fourth-order valence-corrected chi connectivity index (χ4v) is 3.16. The van der Waals surface area contributed by atoms with Crippen LogP contribution in [0.3, 0.4) is 0 Å². The topological polar surface area (TPSA) is 40.6 Å². The molecule has 0 spiro atoms. The van der Waals surface area contributed by atoms with Crippen molar-refractivity contribution in [1.29, 1.82) is 0 Å². The largest absolute Gasteiger partial charge is 0.383 e. The molecule has 0 unspecified atom stereocenters. The first-order valence-corrected chi connectivity index (χ1v) is 8.84. The number of hydrogen-bond donors (Lipinski definition) is 1. The second-order valence-electron chi connectivity index (χ2n) is 6.39. The van der Waals surface area contributed by atoms with Gasteiger partial charge in [0.2, 0.25) is 0 Å². The predicted molar refractivity (Wildman–Crippen MR) is 96.0 cm³/mol. The average Bonchev–Trinajstić information content (AvgIpc) is 2.60. The third kappa shape index (κ3) is 5.75. The van der Waals surface area contributed by atoms with Crippen molar-refractivity contribution in [3.8, 4) is 0 Å². The van der Waals surface area contributed by atoms with E-state index >= 15 is 0 Å². The van der Waals surface area contributed by atoms with Crippen molar-refractivity contribution >= 4 is 5.82 Å². The van der Waals surface area contributed by atoms with E-state index in [-0.39, 0.29) is 0 Å². The Morgan fingerprint density at radius 3 is 2.65 bits per heavy atom. The van der Waals surface area contributed by atoms with Gasteiger partial charge in [-0.3, -0.25) is 4.90 Å². The van der Waals surface area contributed by atoms with Gasteiger partial charge in [-0.1, -0.05) is 13.0 Å². The fourth-order valence-electron chi connectivity index (χ4n) is 3.16. The van der Waals surface area contributed by atoms with Crippen molar-refractivity contribution in [3.63, 3.8) is 0 Å². The minimum absolute atomic E-state index is 0.709. The Morgan fingerprint density at radius 1 is 1.26 bits per heavy atom. The summed E-state index contributed by atoms with van der Waals surface area (Å²) in [7, 11) is 3.78. The molecule has 1 fully saturated rings. The number of piperidine rings is 1. The molecule has 1 aromatic rings. The van der Waals surface area contributed by atoms with Crippen LogP contribution in [0.1, 0.15) is 31.7 Å². The van der Waals surface area contributed by atoms with Gasteiger partial charge in [0.25, 0.3) is 0 Å². The van der Waals surface area contributed by atoms with Crippen LogP contribution in [0, 0.1) is 0 Å². The molecule has 1 aliphatic rings. The van der Waals surface area contributed by atoms with Crippen LogP contribution in [0.15, 0.2) is 18.3 Å². The Bertz CT molecular complexity index is 431. The number of nitrogens with one attached hydrogen (secondary N) is 1. The first-order chi connectivity index (χ1) is 11.2. The zero-order chi connectivity index (χ0) is 16.5. The maximum atomic E-state index is 5.12. The molecule has 0 aromatic carbocycles. The molecule has 0 amide bonds. The number of rotatable bonds is 9. The summed E-state index contributed by atoms with van der Waals surface area (Å²) in [6, 6.07) is 5.05. The number of hydrogen-bond acceptors (Lipinski definition) is 5. The van der Waals surface area contributed by atoms with Gasteiger partial charge in [-0.2, -0.15) is 0 Å². The quantitative estimate of drug-likeness (QED) is 0.755. The van der Waals surface area contributed by atoms with Crippen LogP contribution in [0.25, 0.3) is 0 Å². The summed E-state index contributed by atoms with van der Waals surface area (Å²) < 4.78 is 5.12. The Hall–Kier alpha value is -1.17. The Kier molecular flexibility index (Phi) is 7.79. The molecular formula is C18H32N4O. The molecule has 1 saturated heterocycles. The third-order valence-electron chi connectivity index (χ3n) is 4.55. The smallest absolute Gasteiger partial charge is 0.128 e. The van der Waals surface area contributed by atoms with Crippen molar-refractivity contribution in [2.45, 2.75) is 38.8 Å². The van der Waals surface area contributed by atoms with Gasteiger partial charge in [0.05, 0.1) is 6.61 Å². The van der Waals surface area contributed by atoms with E-state index in [4.69, 9.17) is 4.74 Å². The lowest BCUT2D eigenvalue weighted by Gasteiger charge is -2.34. The first-order valence-electron chi connectivity index (χ1n) is 8.84. The molecule has 5 nitrogen and oxygen atoms in total. The minimum Gasteiger partial charge on any atom is -0.383 e. The molecule has 2 heterocycles. The number of likely N-dealkylation sites (N-methyl/N-ethyl adjacent to an activating group) is 1. The van der Waals surface area contributed by atoms with Crippen LogP contribution >= 0.6 is 0 Å². The van der Waals surface area contributed by atoms with Crippen molar-refractivity contribution in [2.75, 3.05) is 51.8 Å². The molecule has 0 aliphatic carbocycles. The Balaban J connectivity index is 1.94. The maximum absolute atomic E-state index is 5.12. The van der Waals surface area contributed by atoms with Crippen LogP contribution in [0.4, 0.5) is 5.82 Å². The normalized spacial score (nSPS) is 16.0. The fraction of sp³-hybridized carbons (Fsp3) is 0.722. The predicted octanol–water partition coefficient (Wildman–Crippen LogP) is 2.13. The van der Waals surface area contributed by atoms with Crippen molar-refractivity contribution in [1.82, 2.24) is 15.2 Å². The Morgan fingerprint density at radius 2 is 2.04 bits per heavy atom. The monoisotopic (exact) mass is 320 g/mol. The van der Waals surface area contributed by atoms with Gasteiger partial charge in [0.15, 0.2) is 0 Å². The number of pyridine rings is 1. The van der Waals surface area contributed by atoms with E-state index < -0.39 is 0 Å². The highest BCUT2D eigenvalue weighted by Gasteiger charge is 2.20. The van der Waals surface area contributed by atoms with Crippen LogP contribution < -0.4 is 10.2 Å². The maximum Gasteiger partial charge on any atom is 0.128 e. The number of methoxy groups -OCH3 is 1. The summed E-state index contributed by atoms with van der Waals surface area (Å²) in [4.78, 5) is 9.38. The molecular weight excluding hydrogens is 288 g/mol. The molecule has 23 heavy (non-hydrogen) atoms. The third-order valence-corrected chi connectivity index (χ3v) is 4.55. The van der Waals surface area contributed by atoms with E-state index in [1.165, 1.54) is 31.4 Å². The molecule has 0 radical (unpaired) electrons. The van der Waals surface area contributed by atoms with Gasteiger partial charge in [0, 0.05) is 39.5 Å². The standard InChI is InChI=1S/C18H32N4O/c1-4-11-22(17-7-9-19-10-8-17)15-16-5-6-18(20-14-16)21(2)12-13-23-3/h5-6,14,17,19H,4,7-13,15H2,1-3H3. The van der Waals surface area contributed by atoms with Gasteiger partial charge >= 0.3 is 0 Å². The van der Waals surface area contributed by atoms with Crippen LogP contribution in [0.5, 0.6) is 0 Å². The number of nitrogens with zero attached hydrogens (tertiary/aromatic N) is 3. The van der Waals surface area contributed by atoms with Gasteiger partial charge in [-0.25, -0.2) is 4.98 Å². The highest BCUT2D eigenvalue weighted by Crippen LogP contribution is 2.17. The average molecular weight is 320 g/mol. The highest BCUT2D eigenvalue weighted by molar-refractivity contribution is 5.38. The van der Waals surface area contributed by atoms with E-state index in [2.05, 4.69) is 46.2 Å². The summed E-state index contributed by atoms with van der Waals surface area (Å²) in [5, 5.41) is 3.46. The summed E-state index contributed by atoms with van der Waals surface area (Å²) in [6.45, 7) is 8.31. The lowest BCUT2D eigenvalue weighted by Crippen LogP contribution is -2.43. The lowest BCUT2D eigenvalue weighted by atomic mass is 10.0. The van der Waals surface area contributed by atoms with E-state index in [0.29, 0.717) is 6.04 Å². The number of aromatic nitrogens is 1. The van der Waals surface area contributed by atoms with Gasteiger partial charge in [-0.05, 0) is 50.5 Å². The molecule has 1 N–H and O–H groups in total. The molecule has 0 atom stereocenters. The second-order valence-corrected chi connectivity index (χ2v) is 6.39. The van der Waals surface area contributed by atoms with E-state index in [1.807, 2.05) is 6.20 Å². The van der Waals surface area contributed by atoms with E-state index in [0.717, 1.165) is 38.6 Å². The van der Waals surface area contributed by atoms with E-state index in [1.54, 1.807) is 7.11 Å². The summed E-state index contributed by atoms with van der Waals surface area (Å²) in [5.74, 6) is 1.01. The Labute approximate surface area is 141 Å². The van der Waals surface area contributed by atoms with Crippen LogP contribution in [0.2, 0.25) is 0 Å². The SMILES string of the molecule is CCCN(Cc1ccc(N(C)CCOC)nc1)C1CCNCC1. The van der Waals surface area contributed by atoms with Crippen molar-refractivity contribution < 1.29 is 4.74 Å². The minimum atomic E-state index is 0.709. The zero-order valence-electron chi connectivity index (χ0n) is 14.9. The molecule has 2 rings (SSSR count). The van der Waals surface area contributed by atoms with Gasteiger partial charge in [-0.15, -0.1) is 0 Å². The van der Waals surface area contributed by atoms with Crippen LogP contribution in [-0.2, 0) is 11.3 Å². The summed E-state index contributed by atoms with van der Waals surface area (Å²) in [5.41, 5.74) is 1.31. The summed E-state index contributed by atoms with van der Waals surface area (Å²) in [6.07, 6.45) is 5.74. The van der Waals surface area contributed by atoms with Crippen molar-refractivity contribution in [3.05, 3.63) is 23.9 Å². The molecule has 5 heteroatoms. The van der Waals surface area contributed by atoms with Crippen LogP contribution in [-0.4, -0.2) is 62.9 Å². The first kappa shape index (κ1) is 18.2. The zero-order valence-corrected chi connectivity index (χ0v) is 14.9. The molecule has 1 aromatic heterocycles. The molecule has 1 aliphatic heterocycles. The van der Waals surface area contributed by atoms with E-state index in [9.17, 15) is 0 Å². The summed E-state index contributed by atoms with van der Waals surface area (Å²) >= 11 is 0. The number of anilines is 1. The highest BCUT2D eigenvalue weighted by atomic mass is 16.5.